The number of carbonyl (C=O) groups excluding carboxylic acids is 1. The smallest absolute Gasteiger partial charge is 0.141 e. The van der Waals surface area contributed by atoms with E-state index in [1.165, 1.54) is 17.7 Å². The number of carbonyl (C=O) groups is 1. The summed E-state index contributed by atoms with van der Waals surface area (Å²) in [6.07, 6.45) is 2.91. The third-order valence-corrected chi connectivity index (χ3v) is 5.01. The summed E-state index contributed by atoms with van der Waals surface area (Å²) in [4.78, 5) is 12.7. The van der Waals surface area contributed by atoms with E-state index < -0.39 is 0 Å². The lowest BCUT2D eigenvalue weighted by atomic mass is 9.75. The van der Waals surface area contributed by atoms with E-state index in [-0.39, 0.29) is 23.7 Å². The summed E-state index contributed by atoms with van der Waals surface area (Å²) in [5.74, 6) is 0.0957. The lowest BCUT2D eigenvalue weighted by Gasteiger charge is -2.33. The second kappa shape index (κ2) is 7.16. The van der Waals surface area contributed by atoms with Gasteiger partial charge in [-0.1, -0.05) is 43.2 Å². The van der Waals surface area contributed by atoms with E-state index in [9.17, 15) is 9.18 Å². The predicted octanol–water partition coefficient (Wildman–Crippen LogP) is 5.29. The number of hydrogen-bond acceptors (Lipinski definition) is 2. The Kier molecular flexibility index (Phi) is 4.98. The summed E-state index contributed by atoms with van der Waals surface area (Å²) in [6, 6.07) is 14.5. The molecule has 1 fully saturated rings. The van der Waals surface area contributed by atoms with Crippen LogP contribution >= 0.6 is 0 Å². The number of rotatable bonds is 4. The zero-order chi connectivity index (χ0) is 17.1. The molecule has 126 valence electrons. The minimum absolute atomic E-state index is 0.0690. The molecule has 3 rings (SSSR count). The van der Waals surface area contributed by atoms with E-state index in [2.05, 4.69) is 17.4 Å². The fourth-order valence-corrected chi connectivity index (χ4v) is 3.54. The quantitative estimate of drug-likeness (QED) is 0.827. The molecular formula is C21H24FNO. The average Bonchev–Trinajstić information content (AvgIpc) is 2.58. The van der Waals surface area contributed by atoms with Crippen molar-refractivity contribution < 1.29 is 9.18 Å². The predicted molar refractivity (Wildman–Crippen MR) is 95.5 cm³/mol. The molecule has 24 heavy (non-hydrogen) atoms. The molecule has 0 heterocycles. The molecule has 0 unspecified atom stereocenters. The Morgan fingerprint density at radius 1 is 1.04 bits per heavy atom. The molecule has 0 saturated heterocycles. The summed E-state index contributed by atoms with van der Waals surface area (Å²) >= 11 is 0. The van der Waals surface area contributed by atoms with Crippen LogP contribution in [0.4, 0.5) is 10.1 Å². The van der Waals surface area contributed by atoms with Crippen LogP contribution in [0.2, 0.25) is 0 Å². The SMILES string of the molecule is Cc1ccc(N[C@@H](c2ccc(F)cc2)[C@@H]2CCC[C@H](C)C2=O)cc1. The van der Waals surface area contributed by atoms with Crippen molar-refractivity contribution in [3.63, 3.8) is 0 Å². The highest BCUT2D eigenvalue weighted by Crippen LogP contribution is 2.37. The van der Waals surface area contributed by atoms with Gasteiger partial charge in [0.1, 0.15) is 11.6 Å². The second-order valence-corrected chi connectivity index (χ2v) is 6.88. The molecule has 1 aliphatic carbocycles. The first kappa shape index (κ1) is 16.7. The Morgan fingerprint density at radius 3 is 2.38 bits per heavy atom. The molecule has 0 aromatic heterocycles. The maximum Gasteiger partial charge on any atom is 0.141 e. The molecule has 0 bridgehead atoms. The number of nitrogens with one attached hydrogen (secondary N) is 1. The summed E-state index contributed by atoms with van der Waals surface area (Å²) < 4.78 is 13.3. The van der Waals surface area contributed by atoms with E-state index in [0.717, 1.165) is 30.5 Å². The zero-order valence-corrected chi connectivity index (χ0v) is 14.3. The summed E-state index contributed by atoms with van der Waals surface area (Å²) in [5.41, 5.74) is 3.15. The second-order valence-electron chi connectivity index (χ2n) is 6.88. The van der Waals surface area contributed by atoms with Gasteiger partial charge in [-0.15, -0.1) is 0 Å². The highest BCUT2D eigenvalue weighted by molar-refractivity contribution is 5.85. The minimum atomic E-state index is -0.254. The van der Waals surface area contributed by atoms with Crippen molar-refractivity contribution in [1.82, 2.24) is 0 Å². The van der Waals surface area contributed by atoms with E-state index in [1.54, 1.807) is 12.1 Å². The van der Waals surface area contributed by atoms with Gasteiger partial charge in [-0.3, -0.25) is 4.79 Å². The maximum atomic E-state index is 13.3. The number of Topliss-reactive ketones (excluding diaryl/α,β-unsaturated/α-hetero) is 1. The molecule has 0 spiro atoms. The summed E-state index contributed by atoms with van der Waals surface area (Å²) in [7, 11) is 0. The first-order chi connectivity index (χ1) is 11.5. The van der Waals surface area contributed by atoms with Crippen molar-refractivity contribution >= 4 is 11.5 Å². The minimum Gasteiger partial charge on any atom is -0.378 e. The Morgan fingerprint density at radius 2 is 1.71 bits per heavy atom. The van der Waals surface area contributed by atoms with Crippen molar-refractivity contribution in [1.29, 1.82) is 0 Å². The molecule has 2 nitrogen and oxygen atoms in total. The van der Waals surface area contributed by atoms with Gasteiger partial charge in [-0.2, -0.15) is 0 Å². The first-order valence-electron chi connectivity index (χ1n) is 8.67. The number of hydrogen-bond donors (Lipinski definition) is 1. The number of halogens is 1. The van der Waals surface area contributed by atoms with Gasteiger partial charge in [0.05, 0.1) is 6.04 Å². The third kappa shape index (κ3) is 3.66. The van der Waals surface area contributed by atoms with Crippen molar-refractivity contribution in [2.45, 2.75) is 39.2 Å². The summed E-state index contributed by atoms with van der Waals surface area (Å²) in [6.45, 7) is 4.07. The molecule has 2 aromatic rings. The van der Waals surface area contributed by atoms with Crippen LogP contribution in [0.5, 0.6) is 0 Å². The molecule has 1 N–H and O–H groups in total. The Hall–Kier alpha value is -2.16. The highest BCUT2D eigenvalue weighted by Gasteiger charge is 2.35. The molecule has 0 radical (unpaired) electrons. The van der Waals surface area contributed by atoms with Crippen LogP contribution in [0.15, 0.2) is 48.5 Å². The third-order valence-electron chi connectivity index (χ3n) is 5.01. The van der Waals surface area contributed by atoms with E-state index in [1.807, 2.05) is 26.0 Å². The average molecular weight is 325 g/mol. The molecule has 0 amide bonds. The fraction of sp³-hybridized carbons (Fsp3) is 0.381. The van der Waals surface area contributed by atoms with Gasteiger partial charge in [0.2, 0.25) is 0 Å². The van der Waals surface area contributed by atoms with Gasteiger partial charge in [-0.05, 0) is 49.6 Å². The molecule has 2 aromatic carbocycles. The highest BCUT2D eigenvalue weighted by atomic mass is 19.1. The van der Waals surface area contributed by atoms with Crippen LogP contribution in [0.1, 0.15) is 43.4 Å². The van der Waals surface area contributed by atoms with Crippen LogP contribution in [0, 0.1) is 24.6 Å². The Bertz CT molecular complexity index is 693. The van der Waals surface area contributed by atoms with Gasteiger partial charge in [-0.25, -0.2) is 4.39 Å². The molecule has 1 saturated carbocycles. The van der Waals surface area contributed by atoms with Gasteiger partial charge < -0.3 is 5.32 Å². The van der Waals surface area contributed by atoms with Crippen LogP contribution in [-0.2, 0) is 4.79 Å². The van der Waals surface area contributed by atoms with E-state index >= 15 is 0 Å². The lowest BCUT2D eigenvalue weighted by molar-refractivity contribution is -0.129. The molecule has 1 aliphatic rings. The first-order valence-corrected chi connectivity index (χ1v) is 8.67. The topological polar surface area (TPSA) is 29.1 Å². The molecule has 3 atom stereocenters. The lowest BCUT2D eigenvalue weighted by Crippen LogP contribution is -2.34. The van der Waals surface area contributed by atoms with Crippen molar-refractivity contribution in [2.75, 3.05) is 5.32 Å². The van der Waals surface area contributed by atoms with Gasteiger partial charge in [0.15, 0.2) is 0 Å². The van der Waals surface area contributed by atoms with Crippen molar-refractivity contribution in [3.05, 3.63) is 65.5 Å². The Labute approximate surface area is 143 Å². The molecular weight excluding hydrogens is 301 g/mol. The number of benzene rings is 2. The number of anilines is 1. The fourth-order valence-electron chi connectivity index (χ4n) is 3.54. The monoisotopic (exact) mass is 325 g/mol. The number of aryl methyl sites for hydroxylation is 1. The molecule has 0 aliphatic heterocycles. The van der Waals surface area contributed by atoms with Gasteiger partial charge >= 0.3 is 0 Å². The summed E-state index contributed by atoms with van der Waals surface area (Å²) in [5, 5.41) is 3.52. The standard InChI is InChI=1S/C21H24FNO/c1-14-6-12-18(13-7-14)23-20(16-8-10-17(22)11-9-16)19-5-3-4-15(2)21(19)24/h6-13,15,19-20,23H,3-5H2,1-2H3/t15-,19-,20-/m0/s1. The van der Waals surface area contributed by atoms with Crippen LogP contribution in [-0.4, -0.2) is 5.78 Å². The number of ketones is 1. The van der Waals surface area contributed by atoms with Crippen LogP contribution < -0.4 is 5.32 Å². The van der Waals surface area contributed by atoms with Crippen molar-refractivity contribution in [2.24, 2.45) is 11.8 Å². The zero-order valence-electron chi connectivity index (χ0n) is 14.3. The van der Waals surface area contributed by atoms with E-state index in [0.29, 0.717) is 5.78 Å². The van der Waals surface area contributed by atoms with Gasteiger partial charge in [0.25, 0.3) is 0 Å². The van der Waals surface area contributed by atoms with Crippen LogP contribution in [0.25, 0.3) is 0 Å². The largest absolute Gasteiger partial charge is 0.378 e. The van der Waals surface area contributed by atoms with E-state index in [4.69, 9.17) is 0 Å². The van der Waals surface area contributed by atoms with Crippen molar-refractivity contribution in [3.8, 4) is 0 Å². The molecule has 3 heteroatoms. The van der Waals surface area contributed by atoms with Crippen LogP contribution in [0.3, 0.4) is 0 Å². The maximum absolute atomic E-state index is 13.3. The Balaban J connectivity index is 1.92. The normalized spacial score (nSPS) is 22.2. The van der Waals surface area contributed by atoms with Gasteiger partial charge in [0, 0.05) is 17.5 Å².